The Bertz CT molecular complexity index is 601. The number of anilines is 1. The number of halogens is 1. The second-order valence-corrected chi connectivity index (χ2v) is 4.30. The summed E-state index contributed by atoms with van der Waals surface area (Å²) in [5, 5.41) is 14.0. The molecule has 0 fully saturated rings. The molecule has 2 rings (SSSR count). The summed E-state index contributed by atoms with van der Waals surface area (Å²) in [4.78, 5) is 18.7. The molecule has 98 valence electrons. The second kappa shape index (κ2) is 5.62. The van der Waals surface area contributed by atoms with Crippen molar-refractivity contribution in [1.29, 1.82) is 0 Å². The Morgan fingerprint density at radius 1 is 1.37 bits per heavy atom. The number of hydrogen-bond acceptors (Lipinski definition) is 5. The van der Waals surface area contributed by atoms with Crippen LogP contribution in [0.15, 0.2) is 30.6 Å². The maximum absolute atomic E-state index is 11.0. The minimum atomic E-state index is -0.508. The SMILES string of the molecule is Cc1cnc(CNc2cccc(Cl)c2[N+](=O)[O-])cn1. The number of benzene rings is 1. The van der Waals surface area contributed by atoms with Gasteiger partial charge in [0.25, 0.3) is 0 Å². The van der Waals surface area contributed by atoms with E-state index in [2.05, 4.69) is 15.3 Å². The molecular formula is C12H11ClN4O2. The first-order valence-electron chi connectivity index (χ1n) is 5.52. The molecule has 1 N–H and O–H groups in total. The van der Waals surface area contributed by atoms with Crippen molar-refractivity contribution in [2.24, 2.45) is 0 Å². The smallest absolute Gasteiger partial charge is 0.310 e. The van der Waals surface area contributed by atoms with E-state index in [9.17, 15) is 10.1 Å². The quantitative estimate of drug-likeness (QED) is 0.687. The van der Waals surface area contributed by atoms with Gasteiger partial charge in [-0.05, 0) is 19.1 Å². The number of rotatable bonds is 4. The molecule has 0 spiro atoms. The van der Waals surface area contributed by atoms with Gasteiger partial charge in [0.05, 0.1) is 29.1 Å². The molecule has 0 aliphatic heterocycles. The molecule has 0 saturated heterocycles. The largest absolute Gasteiger partial charge is 0.374 e. The maximum atomic E-state index is 11.0. The lowest BCUT2D eigenvalue weighted by Crippen LogP contribution is -2.05. The van der Waals surface area contributed by atoms with Crippen LogP contribution < -0.4 is 5.32 Å². The van der Waals surface area contributed by atoms with E-state index in [1.54, 1.807) is 24.5 Å². The summed E-state index contributed by atoms with van der Waals surface area (Å²) in [6, 6.07) is 4.74. The zero-order valence-electron chi connectivity index (χ0n) is 10.1. The summed E-state index contributed by atoms with van der Waals surface area (Å²) < 4.78 is 0. The third kappa shape index (κ3) is 3.17. The number of nitrogens with zero attached hydrogens (tertiary/aromatic N) is 3. The highest BCUT2D eigenvalue weighted by Gasteiger charge is 2.17. The highest BCUT2D eigenvalue weighted by molar-refractivity contribution is 6.33. The van der Waals surface area contributed by atoms with Gasteiger partial charge >= 0.3 is 5.69 Å². The van der Waals surface area contributed by atoms with Crippen molar-refractivity contribution in [3.8, 4) is 0 Å². The van der Waals surface area contributed by atoms with E-state index in [1.807, 2.05) is 6.92 Å². The van der Waals surface area contributed by atoms with Gasteiger partial charge in [-0.1, -0.05) is 17.7 Å². The van der Waals surface area contributed by atoms with Crippen LogP contribution in [-0.2, 0) is 6.54 Å². The lowest BCUT2D eigenvalue weighted by atomic mass is 10.2. The Labute approximate surface area is 114 Å². The first-order chi connectivity index (χ1) is 9.08. The Morgan fingerprint density at radius 2 is 2.16 bits per heavy atom. The highest BCUT2D eigenvalue weighted by atomic mass is 35.5. The summed E-state index contributed by atoms with van der Waals surface area (Å²) in [6.45, 7) is 2.18. The molecule has 1 aromatic carbocycles. The van der Waals surface area contributed by atoms with Crippen LogP contribution in [0.5, 0.6) is 0 Å². The minimum Gasteiger partial charge on any atom is -0.374 e. The summed E-state index contributed by atoms with van der Waals surface area (Å²) in [5.41, 5.74) is 1.74. The molecule has 0 amide bonds. The Balaban J connectivity index is 2.18. The van der Waals surface area contributed by atoms with Gasteiger partial charge in [0, 0.05) is 6.20 Å². The fraction of sp³-hybridized carbons (Fsp3) is 0.167. The van der Waals surface area contributed by atoms with Crippen molar-refractivity contribution in [3.63, 3.8) is 0 Å². The number of nitrogens with one attached hydrogen (secondary N) is 1. The lowest BCUT2D eigenvalue weighted by Gasteiger charge is -2.07. The van der Waals surface area contributed by atoms with Crippen molar-refractivity contribution in [2.75, 3.05) is 5.32 Å². The number of para-hydroxylation sites is 1. The van der Waals surface area contributed by atoms with Crippen LogP contribution in [0.4, 0.5) is 11.4 Å². The van der Waals surface area contributed by atoms with Gasteiger partial charge in [-0.3, -0.25) is 20.1 Å². The molecule has 0 aliphatic rings. The molecule has 0 unspecified atom stereocenters. The first-order valence-corrected chi connectivity index (χ1v) is 5.90. The van der Waals surface area contributed by atoms with E-state index in [-0.39, 0.29) is 10.7 Å². The predicted octanol–water partition coefficient (Wildman–Crippen LogP) is 2.96. The van der Waals surface area contributed by atoms with Crippen LogP contribution in [0.3, 0.4) is 0 Å². The molecule has 0 saturated carbocycles. The molecule has 0 radical (unpaired) electrons. The van der Waals surface area contributed by atoms with Crippen LogP contribution in [0, 0.1) is 17.0 Å². The molecule has 2 aromatic rings. The molecule has 7 heteroatoms. The van der Waals surface area contributed by atoms with Gasteiger partial charge in [0.1, 0.15) is 10.7 Å². The zero-order valence-corrected chi connectivity index (χ0v) is 10.9. The third-order valence-electron chi connectivity index (χ3n) is 2.46. The molecule has 19 heavy (non-hydrogen) atoms. The monoisotopic (exact) mass is 278 g/mol. The van der Waals surface area contributed by atoms with Gasteiger partial charge in [-0.15, -0.1) is 0 Å². The fourth-order valence-corrected chi connectivity index (χ4v) is 1.78. The van der Waals surface area contributed by atoms with Gasteiger partial charge < -0.3 is 5.32 Å². The van der Waals surface area contributed by atoms with Crippen LogP contribution in [0.2, 0.25) is 5.02 Å². The van der Waals surface area contributed by atoms with Crippen LogP contribution in [0.1, 0.15) is 11.4 Å². The number of nitro groups is 1. The molecule has 0 atom stereocenters. The maximum Gasteiger partial charge on any atom is 0.310 e. The van der Waals surface area contributed by atoms with E-state index >= 15 is 0 Å². The first kappa shape index (κ1) is 13.2. The second-order valence-electron chi connectivity index (χ2n) is 3.90. The molecule has 1 heterocycles. The van der Waals surface area contributed by atoms with E-state index < -0.39 is 4.92 Å². The third-order valence-corrected chi connectivity index (χ3v) is 2.77. The average molecular weight is 279 g/mol. The van der Waals surface area contributed by atoms with Crippen molar-refractivity contribution in [2.45, 2.75) is 13.5 Å². The standard InChI is InChI=1S/C12H11ClN4O2/c1-8-5-15-9(6-14-8)7-16-11-4-2-3-10(13)12(11)17(18)19/h2-6,16H,7H2,1H3. The Hall–Kier alpha value is -2.21. The molecule has 0 aliphatic carbocycles. The Morgan fingerprint density at radius 3 is 2.79 bits per heavy atom. The summed E-state index contributed by atoms with van der Waals surface area (Å²) in [5.74, 6) is 0. The number of hydrogen-bond donors (Lipinski definition) is 1. The van der Waals surface area contributed by atoms with Gasteiger partial charge in [-0.25, -0.2) is 0 Å². The van der Waals surface area contributed by atoms with Crippen molar-refractivity contribution in [3.05, 3.63) is 57.1 Å². The lowest BCUT2D eigenvalue weighted by molar-refractivity contribution is -0.383. The molecular weight excluding hydrogens is 268 g/mol. The number of aromatic nitrogens is 2. The van der Waals surface area contributed by atoms with E-state index in [0.717, 1.165) is 5.69 Å². The molecule has 0 bridgehead atoms. The number of aryl methyl sites for hydroxylation is 1. The zero-order chi connectivity index (χ0) is 13.8. The van der Waals surface area contributed by atoms with Gasteiger partial charge in [0.15, 0.2) is 0 Å². The van der Waals surface area contributed by atoms with Crippen molar-refractivity contribution < 1.29 is 4.92 Å². The minimum absolute atomic E-state index is 0.102. The van der Waals surface area contributed by atoms with E-state index in [4.69, 9.17) is 11.6 Å². The van der Waals surface area contributed by atoms with Gasteiger partial charge in [-0.2, -0.15) is 0 Å². The molecule has 1 aromatic heterocycles. The van der Waals surface area contributed by atoms with Crippen LogP contribution >= 0.6 is 11.6 Å². The van der Waals surface area contributed by atoms with E-state index in [0.29, 0.717) is 17.9 Å². The van der Waals surface area contributed by atoms with Crippen molar-refractivity contribution in [1.82, 2.24) is 9.97 Å². The van der Waals surface area contributed by atoms with Crippen molar-refractivity contribution >= 4 is 23.0 Å². The topological polar surface area (TPSA) is 81.0 Å². The fourth-order valence-electron chi connectivity index (χ4n) is 1.54. The Kier molecular flexibility index (Phi) is 3.91. The summed E-state index contributed by atoms with van der Waals surface area (Å²) >= 11 is 5.82. The van der Waals surface area contributed by atoms with Gasteiger partial charge in [0.2, 0.25) is 0 Å². The predicted molar refractivity (Wildman–Crippen MR) is 72.2 cm³/mol. The highest BCUT2D eigenvalue weighted by Crippen LogP contribution is 2.32. The summed E-state index contributed by atoms with van der Waals surface area (Å²) in [7, 11) is 0. The normalized spacial score (nSPS) is 10.2. The number of nitro benzene ring substituents is 1. The van der Waals surface area contributed by atoms with Crippen LogP contribution in [0.25, 0.3) is 0 Å². The summed E-state index contributed by atoms with van der Waals surface area (Å²) in [6.07, 6.45) is 3.27. The molecule has 6 nitrogen and oxygen atoms in total. The van der Waals surface area contributed by atoms with Crippen LogP contribution in [-0.4, -0.2) is 14.9 Å². The van der Waals surface area contributed by atoms with E-state index in [1.165, 1.54) is 6.07 Å². The average Bonchev–Trinajstić information content (AvgIpc) is 2.37.